The second-order valence-electron chi connectivity index (χ2n) is 5.13. The first-order chi connectivity index (χ1) is 10.3. The molecule has 2 aromatic rings. The largest absolute Gasteiger partial charge is 0.497 e. The van der Waals surface area contributed by atoms with Crippen LogP contribution in [0.15, 0.2) is 30.5 Å². The Morgan fingerprint density at radius 2 is 2.05 bits per heavy atom. The molecule has 1 N–H and O–H groups in total. The lowest BCUT2D eigenvalue weighted by molar-refractivity contribution is 0.415. The van der Waals surface area contributed by atoms with Crippen LogP contribution < -0.4 is 15.0 Å². The molecule has 0 radical (unpaired) electrons. The Balaban J connectivity index is 1.89. The fourth-order valence-electron chi connectivity index (χ4n) is 2.58. The zero-order chi connectivity index (χ0) is 14.7. The molecule has 3 rings (SSSR count). The van der Waals surface area contributed by atoms with E-state index in [-0.39, 0.29) is 0 Å². The summed E-state index contributed by atoms with van der Waals surface area (Å²) in [5, 5.41) is 3.36. The van der Waals surface area contributed by atoms with E-state index >= 15 is 0 Å². The molecule has 0 amide bonds. The van der Waals surface area contributed by atoms with Gasteiger partial charge in [0.05, 0.1) is 24.7 Å². The fourth-order valence-corrected chi connectivity index (χ4v) is 2.58. The third-order valence-corrected chi connectivity index (χ3v) is 3.74. The smallest absolute Gasteiger partial charge is 0.159 e. The van der Waals surface area contributed by atoms with Crippen LogP contribution in [0.1, 0.15) is 5.69 Å². The minimum absolute atomic E-state index is 0.741. The molecule has 110 valence electrons. The van der Waals surface area contributed by atoms with Gasteiger partial charge < -0.3 is 15.0 Å². The van der Waals surface area contributed by atoms with Crippen molar-refractivity contribution < 1.29 is 4.74 Å². The predicted octanol–water partition coefficient (Wildman–Crippen LogP) is 1.87. The van der Waals surface area contributed by atoms with Crippen LogP contribution in [0.2, 0.25) is 0 Å². The van der Waals surface area contributed by atoms with Gasteiger partial charge in [-0.15, -0.1) is 0 Å². The number of aromatic nitrogens is 2. The Morgan fingerprint density at radius 1 is 1.24 bits per heavy atom. The highest BCUT2D eigenvalue weighted by atomic mass is 16.5. The molecule has 2 heterocycles. The Kier molecular flexibility index (Phi) is 4.01. The van der Waals surface area contributed by atoms with Crippen LogP contribution in [0.4, 0.5) is 5.69 Å². The van der Waals surface area contributed by atoms with E-state index in [9.17, 15) is 0 Å². The van der Waals surface area contributed by atoms with Crippen LogP contribution >= 0.6 is 0 Å². The van der Waals surface area contributed by atoms with Crippen molar-refractivity contribution in [1.29, 1.82) is 0 Å². The van der Waals surface area contributed by atoms with E-state index in [1.807, 2.05) is 37.4 Å². The summed E-state index contributed by atoms with van der Waals surface area (Å²) in [6.07, 6.45) is 1.93. The van der Waals surface area contributed by atoms with Crippen molar-refractivity contribution in [3.05, 3.63) is 36.2 Å². The Bertz CT molecular complexity index is 623. The van der Waals surface area contributed by atoms with Gasteiger partial charge in [-0.2, -0.15) is 0 Å². The molecular formula is C16H20N4O. The molecule has 5 heteroatoms. The van der Waals surface area contributed by atoms with Gasteiger partial charge in [-0.3, -0.25) is 0 Å². The van der Waals surface area contributed by atoms with E-state index < -0.39 is 0 Å². The Labute approximate surface area is 125 Å². The molecule has 0 spiro atoms. The molecule has 0 unspecified atom stereocenters. The van der Waals surface area contributed by atoms with Crippen LogP contribution in [0.5, 0.6) is 5.75 Å². The van der Waals surface area contributed by atoms with Crippen LogP contribution in [0, 0.1) is 6.92 Å². The number of nitrogens with one attached hydrogen (secondary N) is 1. The SMILES string of the molecule is COc1cccc(-c2ncc(N3CCNCC3)c(C)n2)c1. The average Bonchev–Trinajstić information content (AvgIpc) is 2.55. The van der Waals surface area contributed by atoms with Gasteiger partial charge in [-0.25, -0.2) is 9.97 Å². The summed E-state index contributed by atoms with van der Waals surface area (Å²) in [4.78, 5) is 11.5. The van der Waals surface area contributed by atoms with Crippen LogP contribution in [-0.4, -0.2) is 43.3 Å². The number of hydrogen-bond acceptors (Lipinski definition) is 5. The number of ether oxygens (including phenoxy) is 1. The number of benzene rings is 1. The average molecular weight is 284 g/mol. The highest BCUT2D eigenvalue weighted by Crippen LogP contribution is 2.24. The van der Waals surface area contributed by atoms with E-state index in [0.717, 1.165) is 54.7 Å². The lowest BCUT2D eigenvalue weighted by Crippen LogP contribution is -2.43. The van der Waals surface area contributed by atoms with Gasteiger partial charge >= 0.3 is 0 Å². The van der Waals surface area contributed by atoms with Gasteiger partial charge in [-0.1, -0.05) is 12.1 Å². The summed E-state index contributed by atoms with van der Waals surface area (Å²) in [7, 11) is 1.67. The fraction of sp³-hybridized carbons (Fsp3) is 0.375. The van der Waals surface area contributed by atoms with E-state index in [1.165, 1.54) is 0 Å². The van der Waals surface area contributed by atoms with Crippen molar-refractivity contribution in [2.24, 2.45) is 0 Å². The van der Waals surface area contributed by atoms with Gasteiger partial charge in [0.1, 0.15) is 5.75 Å². The Morgan fingerprint density at radius 3 is 2.76 bits per heavy atom. The molecule has 5 nitrogen and oxygen atoms in total. The minimum atomic E-state index is 0.741. The molecule has 1 aromatic carbocycles. The Hall–Kier alpha value is -2.14. The van der Waals surface area contributed by atoms with Crippen molar-refractivity contribution in [3.8, 4) is 17.1 Å². The molecule has 0 bridgehead atoms. The van der Waals surface area contributed by atoms with Gasteiger partial charge in [0.2, 0.25) is 0 Å². The molecule has 21 heavy (non-hydrogen) atoms. The summed E-state index contributed by atoms with van der Waals surface area (Å²) in [5.41, 5.74) is 3.12. The highest BCUT2D eigenvalue weighted by molar-refractivity contribution is 5.60. The van der Waals surface area contributed by atoms with Crippen molar-refractivity contribution in [2.75, 3.05) is 38.2 Å². The molecule has 1 aromatic heterocycles. The second-order valence-corrected chi connectivity index (χ2v) is 5.13. The van der Waals surface area contributed by atoms with Crippen molar-refractivity contribution in [1.82, 2.24) is 15.3 Å². The molecule has 0 atom stereocenters. The van der Waals surface area contributed by atoms with Crippen molar-refractivity contribution in [3.63, 3.8) is 0 Å². The maximum atomic E-state index is 5.25. The number of piperazine rings is 1. The lowest BCUT2D eigenvalue weighted by atomic mass is 10.2. The number of rotatable bonds is 3. The van der Waals surface area contributed by atoms with Crippen molar-refractivity contribution in [2.45, 2.75) is 6.92 Å². The van der Waals surface area contributed by atoms with E-state index in [4.69, 9.17) is 4.74 Å². The molecule has 1 fully saturated rings. The zero-order valence-electron chi connectivity index (χ0n) is 12.5. The molecule has 0 saturated carbocycles. The summed E-state index contributed by atoms with van der Waals surface area (Å²) >= 11 is 0. The van der Waals surface area contributed by atoms with E-state index in [0.29, 0.717) is 0 Å². The normalized spacial score (nSPS) is 15.0. The predicted molar refractivity (Wildman–Crippen MR) is 83.8 cm³/mol. The van der Waals surface area contributed by atoms with E-state index in [1.54, 1.807) is 7.11 Å². The quantitative estimate of drug-likeness (QED) is 0.932. The van der Waals surface area contributed by atoms with Crippen molar-refractivity contribution >= 4 is 5.69 Å². The van der Waals surface area contributed by atoms with Gasteiger partial charge in [0.25, 0.3) is 0 Å². The lowest BCUT2D eigenvalue weighted by Gasteiger charge is -2.30. The zero-order valence-corrected chi connectivity index (χ0v) is 12.5. The molecule has 1 aliphatic heterocycles. The summed E-state index contributed by atoms with van der Waals surface area (Å²) in [6, 6.07) is 7.84. The van der Waals surface area contributed by atoms with Gasteiger partial charge in [0, 0.05) is 31.7 Å². The maximum absolute atomic E-state index is 5.25. The topological polar surface area (TPSA) is 50.3 Å². The third-order valence-electron chi connectivity index (χ3n) is 3.74. The standard InChI is InChI=1S/C16H20N4O/c1-12-15(20-8-6-17-7-9-20)11-18-16(19-12)13-4-3-5-14(10-13)21-2/h3-5,10-11,17H,6-9H2,1-2H3. The van der Waals surface area contributed by atoms with Crippen LogP contribution in [0.25, 0.3) is 11.4 Å². The number of hydrogen-bond donors (Lipinski definition) is 1. The maximum Gasteiger partial charge on any atom is 0.159 e. The molecular weight excluding hydrogens is 264 g/mol. The molecule has 0 aliphatic carbocycles. The monoisotopic (exact) mass is 284 g/mol. The number of anilines is 1. The first-order valence-electron chi connectivity index (χ1n) is 7.21. The van der Waals surface area contributed by atoms with Crippen LogP contribution in [-0.2, 0) is 0 Å². The first kappa shape index (κ1) is 13.8. The second kappa shape index (κ2) is 6.10. The summed E-state index contributed by atoms with van der Waals surface area (Å²) in [6.45, 7) is 6.07. The van der Waals surface area contributed by atoms with Gasteiger partial charge in [0.15, 0.2) is 5.82 Å². The molecule has 1 saturated heterocycles. The minimum Gasteiger partial charge on any atom is -0.497 e. The summed E-state index contributed by atoms with van der Waals surface area (Å²) < 4.78 is 5.25. The third kappa shape index (κ3) is 2.97. The number of nitrogens with zero attached hydrogens (tertiary/aromatic N) is 3. The number of aryl methyl sites for hydroxylation is 1. The molecule has 1 aliphatic rings. The van der Waals surface area contributed by atoms with Gasteiger partial charge in [-0.05, 0) is 19.1 Å². The van der Waals surface area contributed by atoms with Crippen LogP contribution in [0.3, 0.4) is 0 Å². The number of methoxy groups -OCH3 is 1. The highest BCUT2D eigenvalue weighted by Gasteiger charge is 2.14. The summed E-state index contributed by atoms with van der Waals surface area (Å²) in [5.74, 6) is 1.56. The van der Waals surface area contributed by atoms with E-state index in [2.05, 4.69) is 20.2 Å². The first-order valence-corrected chi connectivity index (χ1v) is 7.21.